The van der Waals surface area contributed by atoms with E-state index in [0.29, 0.717) is 31.7 Å². The van der Waals surface area contributed by atoms with E-state index in [1.54, 1.807) is 0 Å². The lowest BCUT2D eigenvalue weighted by atomic mass is 10.1. The van der Waals surface area contributed by atoms with Gasteiger partial charge in [-0.2, -0.15) is 20.3 Å². The number of anilines is 1. The van der Waals surface area contributed by atoms with E-state index in [1.165, 1.54) is 16.6 Å². The monoisotopic (exact) mass is 535 g/mol. The quantitative estimate of drug-likeness (QED) is 0.321. The van der Waals surface area contributed by atoms with Crippen LogP contribution in [0.4, 0.5) is 14.6 Å². The molecule has 4 rings (SSSR count). The summed E-state index contributed by atoms with van der Waals surface area (Å²) in [7, 11) is -4.20. The smallest absolute Gasteiger partial charge is 0.285 e. The van der Waals surface area contributed by atoms with E-state index in [4.69, 9.17) is 10.8 Å². The van der Waals surface area contributed by atoms with Crippen molar-refractivity contribution in [2.75, 3.05) is 18.0 Å². The van der Waals surface area contributed by atoms with Gasteiger partial charge in [-0.25, -0.2) is 21.7 Å². The number of halogens is 2. The van der Waals surface area contributed by atoms with Crippen LogP contribution in [-0.4, -0.2) is 65.3 Å². The maximum atomic E-state index is 13.3. The van der Waals surface area contributed by atoms with Crippen molar-refractivity contribution in [1.82, 2.24) is 19.7 Å². The number of nitrogens with zero attached hydrogens (tertiary/aromatic N) is 5. The van der Waals surface area contributed by atoms with Gasteiger partial charge in [-0.1, -0.05) is 0 Å². The number of alkyl halides is 2. The van der Waals surface area contributed by atoms with Gasteiger partial charge in [0.25, 0.3) is 6.43 Å². The molecule has 1 aliphatic heterocycles. The molecular weight excluding hydrogens is 512 g/mol. The number of nitriles is 2. The summed E-state index contributed by atoms with van der Waals surface area (Å²) < 4.78 is 56.3. The molecule has 15 heteroatoms. The third-order valence-electron chi connectivity index (χ3n) is 5.92. The van der Waals surface area contributed by atoms with Gasteiger partial charge in [-0.05, 0) is 44.5 Å². The van der Waals surface area contributed by atoms with Gasteiger partial charge < -0.3 is 10.2 Å². The van der Waals surface area contributed by atoms with Gasteiger partial charge in [-0.15, -0.1) is 0 Å². The summed E-state index contributed by atoms with van der Waals surface area (Å²) in [5.41, 5.74) is -1.54. The van der Waals surface area contributed by atoms with Gasteiger partial charge in [0.05, 0.1) is 22.0 Å². The average molecular weight is 536 g/mol. The van der Waals surface area contributed by atoms with Crippen molar-refractivity contribution >= 4 is 43.2 Å². The lowest BCUT2D eigenvalue weighted by Gasteiger charge is -2.37. The topological polar surface area (TPSA) is 174 Å². The first-order valence-corrected chi connectivity index (χ1v) is 13.3. The van der Waals surface area contributed by atoms with Crippen LogP contribution in [0, 0.1) is 33.5 Å². The van der Waals surface area contributed by atoms with Crippen molar-refractivity contribution in [2.24, 2.45) is 0 Å². The zero-order chi connectivity index (χ0) is 26.4. The first-order valence-electron chi connectivity index (χ1n) is 11.0. The molecule has 2 aliphatic rings. The fourth-order valence-electron chi connectivity index (χ4n) is 4.18. The van der Waals surface area contributed by atoms with E-state index in [2.05, 4.69) is 15.1 Å². The number of fused-ring (bicyclic) bond motifs is 1. The molecule has 2 fully saturated rings. The molecule has 1 saturated heterocycles. The van der Waals surface area contributed by atoms with Crippen LogP contribution >= 0.6 is 11.8 Å². The minimum atomic E-state index is -4.20. The second kappa shape index (κ2) is 9.40. The highest BCUT2D eigenvalue weighted by molar-refractivity contribution is 8.26. The summed E-state index contributed by atoms with van der Waals surface area (Å²) in [6.45, 7) is 4.89. The Hall–Kier alpha value is -3.11. The van der Waals surface area contributed by atoms with Crippen molar-refractivity contribution in [2.45, 2.75) is 55.6 Å². The molecule has 0 spiro atoms. The fourth-order valence-corrected chi connectivity index (χ4v) is 6.21. The summed E-state index contributed by atoms with van der Waals surface area (Å²) in [5, 5.41) is 40.9. The van der Waals surface area contributed by atoms with E-state index in [9.17, 15) is 27.7 Å². The number of sulfonamides is 1. The van der Waals surface area contributed by atoms with Crippen molar-refractivity contribution in [1.29, 1.82) is 21.3 Å². The minimum absolute atomic E-state index is 0.0429. The molecule has 4 N–H and O–H groups in total. The molecule has 36 heavy (non-hydrogen) atoms. The number of hydrogen-bond donors (Lipinski definition) is 4. The van der Waals surface area contributed by atoms with Gasteiger partial charge >= 0.3 is 0 Å². The predicted molar refractivity (Wildman–Crippen MR) is 130 cm³/mol. The Morgan fingerprint density at radius 3 is 2.44 bits per heavy atom. The van der Waals surface area contributed by atoms with Crippen LogP contribution in [0.5, 0.6) is 0 Å². The Kier molecular flexibility index (Phi) is 6.78. The number of thioether (sulfide) groups is 1. The predicted octanol–water partition coefficient (Wildman–Crippen LogP) is 2.03. The third kappa shape index (κ3) is 4.92. The number of pyridine rings is 1. The van der Waals surface area contributed by atoms with Crippen LogP contribution in [0.2, 0.25) is 0 Å². The Balaban J connectivity index is 1.92. The number of hydrogen-bond acceptors (Lipinski definition) is 10. The Morgan fingerprint density at radius 1 is 1.28 bits per heavy atom. The van der Waals surface area contributed by atoms with Crippen LogP contribution < -0.4 is 14.9 Å². The summed E-state index contributed by atoms with van der Waals surface area (Å²) in [6.07, 6.45) is -2.36. The Labute approximate surface area is 210 Å². The van der Waals surface area contributed by atoms with Crippen molar-refractivity contribution < 1.29 is 17.2 Å². The minimum Gasteiger partial charge on any atom is -0.353 e. The normalized spacial score (nSPS) is 21.2. The second-order valence-electron chi connectivity index (χ2n) is 8.95. The molecule has 190 valence electrons. The zero-order valence-electron chi connectivity index (χ0n) is 19.3. The standard InChI is InChI=1S/C21H23F2N9O2S2/c1-11-8-31(9-12(2)28-11)16-6-13(36(33,34)30-21(10-25)3-4-21)5-15-17(14(7-24)29-32(15)16)19(26)35-20(27)18(22)23/h5-6,11-12,18,26-28,30H,3-4,8-9H2,1-2H3/t11-,12-/m0/s1. The lowest BCUT2D eigenvalue weighted by Crippen LogP contribution is -2.54. The highest BCUT2D eigenvalue weighted by atomic mass is 32.2. The van der Waals surface area contributed by atoms with E-state index < -0.39 is 32.1 Å². The van der Waals surface area contributed by atoms with Gasteiger partial charge in [0, 0.05) is 31.2 Å². The molecule has 1 saturated carbocycles. The van der Waals surface area contributed by atoms with E-state index in [-0.39, 0.29) is 45.5 Å². The Morgan fingerprint density at radius 2 is 1.92 bits per heavy atom. The van der Waals surface area contributed by atoms with Crippen molar-refractivity contribution in [3.05, 3.63) is 23.4 Å². The van der Waals surface area contributed by atoms with E-state index >= 15 is 0 Å². The van der Waals surface area contributed by atoms with Crippen molar-refractivity contribution in [3.8, 4) is 12.1 Å². The van der Waals surface area contributed by atoms with Crippen LogP contribution in [-0.2, 0) is 10.0 Å². The number of nitrogens with one attached hydrogen (secondary N) is 4. The molecule has 2 aromatic heterocycles. The molecular formula is C21H23F2N9O2S2. The molecule has 3 heterocycles. The molecule has 11 nitrogen and oxygen atoms in total. The zero-order valence-corrected chi connectivity index (χ0v) is 21.0. The summed E-state index contributed by atoms with van der Waals surface area (Å²) in [6, 6.07) is 6.51. The molecule has 0 aromatic carbocycles. The van der Waals surface area contributed by atoms with Gasteiger partial charge in [0.15, 0.2) is 5.69 Å². The first kappa shape index (κ1) is 26.0. The Bertz CT molecular complexity index is 1430. The number of piperazine rings is 1. The van der Waals surface area contributed by atoms with E-state index in [0.717, 1.165) is 0 Å². The van der Waals surface area contributed by atoms with Crippen LogP contribution in [0.1, 0.15) is 37.9 Å². The number of rotatable bonds is 6. The highest BCUT2D eigenvalue weighted by Crippen LogP contribution is 2.37. The van der Waals surface area contributed by atoms with Gasteiger partial charge in [-0.3, -0.25) is 10.8 Å². The molecule has 0 unspecified atom stereocenters. The van der Waals surface area contributed by atoms with Crippen molar-refractivity contribution in [3.63, 3.8) is 0 Å². The molecule has 0 bridgehead atoms. The second-order valence-corrected chi connectivity index (χ2v) is 11.7. The molecule has 0 amide bonds. The summed E-state index contributed by atoms with van der Waals surface area (Å²) in [5.74, 6) is 0.333. The van der Waals surface area contributed by atoms with Crippen LogP contribution in [0.15, 0.2) is 17.0 Å². The van der Waals surface area contributed by atoms with Crippen LogP contribution in [0.25, 0.3) is 5.52 Å². The molecule has 1 aliphatic carbocycles. The first-order chi connectivity index (χ1) is 16.9. The SMILES string of the molecule is C[C@H]1CN(c2cc(S(=O)(=O)NC3(C#N)CC3)cc3c(C(=N)SC(=N)C(F)F)c(C#N)nn23)C[C@H](C)N1. The lowest BCUT2D eigenvalue weighted by molar-refractivity contribution is 0.228. The van der Waals surface area contributed by atoms with Gasteiger partial charge in [0.1, 0.15) is 27.5 Å². The molecule has 2 atom stereocenters. The molecule has 0 radical (unpaired) electrons. The van der Waals surface area contributed by atoms with Gasteiger partial charge in [0.2, 0.25) is 10.0 Å². The largest absolute Gasteiger partial charge is 0.353 e. The fraction of sp³-hybridized carbons (Fsp3) is 0.476. The van der Waals surface area contributed by atoms with Crippen LogP contribution in [0.3, 0.4) is 0 Å². The molecule has 2 aromatic rings. The highest BCUT2D eigenvalue weighted by Gasteiger charge is 2.47. The average Bonchev–Trinajstić information content (AvgIpc) is 3.46. The summed E-state index contributed by atoms with van der Waals surface area (Å²) in [4.78, 5) is 1.68. The third-order valence-corrected chi connectivity index (χ3v) is 8.24. The van der Waals surface area contributed by atoms with E-state index in [1.807, 2.05) is 30.9 Å². The number of aromatic nitrogens is 2. The maximum Gasteiger partial charge on any atom is 0.285 e. The summed E-state index contributed by atoms with van der Waals surface area (Å²) >= 11 is 0.169. The maximum absolute atomic E-state index is 13.3.